The molecule has 2 aliphatic rings. The van der Waals surface area contributed by atoms with Crippen LogP contribution in [0.1, 0.15) is 56.0 Å². The van der Waals surface area contributed by atoms with Crippen LogP contribution in [0.15, 0.2) is 46.0 Å². The fraction of sp³-hybridized carbons (Fsp3) is 0.333. The van der Waals surface area contributed by atoms with E-state index < -0.39 is 5.91 Å². The zero-order valence-corrected chi connectivity index (χ0v) is 19.3. The van der Waals surface area contributed by atoms with Crippen LogP contribution in [0.4, 0.5) is 4.39 Å². The summed E-state index contributed by atoms with van der Waals surface area (Å²) in [5.41, 5.74) is 3.46. The van der Waals surface area contributed by atoms with Crippen LogP contribution in [0.5, 0.6) is 0 Å². The first kappa shape index (κ1) is 22.2. The quantitative estimate of drug-likeness (QED) is 0.426. The molecular weight excluding hydrogens is 425 g/mol. The van der Waals surface area contributed by atoms with Gasteiger partial charge >= 0.3 is 0 Å². The zero-order chi connectivity index (χ0) is 22.8. The number of fused-ring (bicyclic) bond motifs is 1. The Morgan fingerprint density at radius 3 is 2.75 bits per heavy atom. The average Bonchev–Trinajstić information content (AvgIpc) is 3.28. The molecule has 0 unspecified atom stereocenters. The Balaban J connectivity index is 1.61. The minimum Gasteiger partial charge on any atom is -0.318 e. The number of aliphatic imine (C=N–C) groups is 1. The van der Waals surface area contributed by atoms with Crippen LogP contribution in [-0.2, 0) is 4.79 Å². The van der Waals surface area contributed by atoms with Crippen LogP contribution in [0, 0.1) is 25.1 Å². The molecule has 0 radical (unpaired) electrons. The van der Waals surface area contributed by atoms with E-state index in [1.54, 1.807) is 12.1 Å². The topological polar surface area (TPSA) is 73.8 Å². The molecule has 8 heteroatoms. The summed E-state index contributed by atoms with van der Waals surface area (Å²) in [4.78, 5) is 16.9. The second kappa shape index (κ2) is 9.24. The van der Waals surface area contributed by atoms with Gasteiger partial charge in [0.25, 0.3) is 5.91 Å². The van der Waals surface area contributed by atoms with Crippen LogP contribution in [0.3, 0.4) is 0 Å². The monoisotopic (exact) mass is 451 g/mol. The summed E-state index contributed by atoms with van der Waals surface area (Å²) in [6.07, 6.45) is 7.06. The summed E-state index contributed by atoms with van der Waals surface area (Å²) in [6.45, 7) is 6.01. The first-order chi connectivity index (χ1) is 15.4. The lowest BCUT2D eigenvalue weighted by atomic mass is 10.1. The Hall–Kier alpha value is -3.00. The van der Waals surface area contributed by atoms with Gasteiger partial charge in [-0.3, -0.25) is 10.2 Å². The molecule has 2 aromatic rings. The van der Waals surface area contributed by atoms with Crippen molar-refractivity contribution >= 4 is 39.8 Å². The fourth-order valence-electron chi connectivity index (χ4n) is 3.94. The Bertz CT molecular complexity index is 1180. The second-order valence-electron chi connectivity index (χ2n) is 7.97. The molecule has 2 aliphatic heterocycles. The minimum absolute atomic E-state index is 0.0339. The predicted molar refractivity (Wildman–Crippen MR) is 129 cm³/mol. The molecule has 1 amide bonds. The van der Waals surface area contributed by atoms with E-state index in [9.17, 15) is 9.18 Å². The Morgan fingerprint density at radius 2 is 2.00 bits per heavy atom. The summed E-state index contributed by atoms with van der Waals surface area (Å²) >= 11 is 1.37. The normalized spacial score (nSPS) is 17.1. The molecule has 0 bridgehead atoms. The van der Waals surface area contributed by atoms with Crippen molar-refractivity contribution in [1.29, 1.82) is 5.41 Å². The molecule has 0 atom stereocenters. The molecule has 32 heavy (non-hydrogen) atoms. The van der Waals surface area contributed by atoms with Crippen molar-refractivity contribution < 1.29 is 9.18 Å². The van der Waals surface area contributed by atoms with Gasteiger partial charge < -0.3 is 4.57 Å². The van der Waals surface area contributed by atoms with E-state index in [1.165, 1.54) is 41.7 Å². The molecule has 4 rings (SSSR count). The summed E-state index contributed by atoms with van der Waals surface area (Å²) in [5.74, 6) is -0.714. The Labute approximate surface area is 191 Å². The highest BCUT2D eigenvalue weighted by Gasteiger charge is 2.35. The molecule has 166 valence electrons. The fourth-order valence-corrected chi connectivity index (χ4v) is 4.86. The summed E-state index contributed by atoms with van der Waals surface area (Å²) in [7, 11) is 0. The molecular formula is C24H26FN5OS. The SMILES string of the molecule is CCCCCCC1=NN2C(=N)/C(=C/c3cc(C)n(-c4cccc(F)c4)c3C)C(=O)N=C2S1. The third-order valence-corrected chi connectivity index (χ3v) is 6.55. The van der Waals surface area contributed by atoms with E-state index in [-0.39, 0.29) is 17.2 Å². The lowest BCUT2D eigenvalue weighted by Crippen LogP contribution is -2.35. The molecule has 0 saturated carbocycles. The van der Waals surface area contributed by atoms with Crippen molar-refractivity contribution in [1.82, 2.24) is 9.58 Å². The summed E-state index contributed by atoms with van der Waals surface area (Å²) in [6, 6.07) is 8.31. The van der Waals surface area contributed by atoms with Gasteiger partial charge in [0.05, 0.1) is 5.57 Å². The number of amides is 1. The summed E-state index contributed by atoms with van der Waals surface area (Å²) < 4.78 is 15.7. The third-order valence-electron chi connectivity index (χ3n) is 5.58. The zero-order valence-electron chi connectivity index (χ0n) is 18.5. The highest BCUT2D eigenvalue weighted by molar-refractivity contribution is 8.26. The maximum atomic E-state index is 13.7. The number of nitrogens with zero attached hydrogens (tertiary/aromatic N) is 4. The number of amidine groups is 2. The number of thioether (sulfide) groups is 1. The van der Waals surface area contributed by atoms with E-state index in [0.29, 0.717) is 10.9 Å². The number of benzene rings is 1. The molecule has 1 aromatic heterocycles. The van der Waals surface area contributed by atoms with Crippen LogP contribution in [0.2, 0.25) is 0 Å². The smallest absolute Gasteiger partial charge is 0.283 e. The van der Waals surface area contributed by atoms with E-state index in [0.717, 1.165) is 41.3 Å². The maximum absolute atomic E-state index is 13.7. The van der Waals surface area contributed by atoms with Crippen molar-refractivity contribution in [3.63, 3.8) is 0 Å². The average molecular weight is 452 g/mol. The second-order valence-corrected chi connectivity index (χ2v) is 9.01. The first-order valence-electron chi connectivity index (χ1n) is 10.8. The number of unbranched alkanes of at least 4 members (excludes halogenated alkanes) is 3. The van der Waals surface area contributed by atoms with E-state index >= 15 is 0 Å². The molecule has 0 spiro atoms. The number of hydrazone groups is 1. The molecule has 3 heterocycles. The minimum atomic E-state index is -0.438. The standard InChI is InChI=1S/C24H26FN5OS/c1-4-5-6-7-11-21-28-30-22(26)20(23(31)27-24(30)32-21)13-17-12-15(2)29(16(17)3)19-10-8-9-18(25)14-19/h8-10,12-14,26H,4-7,11H2,1-3H3/b20-13-,26-22?. The number of rotatable bonds is 7. The van der Waals surface area contributed by atoms with Gasteiger partial charge in [0, 0.05) is 17.1 Å². The van der Waals surface area contributed by atoms with Crippen molar-refractivity contribution in [2.45, 2.75) is 52.9 Å². The van der Waals surface area contributed by atoms with Crippen molar-refractivity contribution in [2.75, 3.05) is 0 Å². The third kappa shape index (κ3) is 4.32. The Morgan fingerprint density at radius 1 is 1.19 bits per heavy atom. The van der Waals surface area contributed by atoms with Gasteiger partial charge in [-0.05, 0) is 74.4 Å². The molecule has 0 aliphatic carbocycles. The summed E-state index contributed by atoms with van der Waals surface area (Å²) in [5, 5.41) is 15.9. The van der Waals surface area contributed by atoms with Gasteiger partial charge in [-0.2, -0.15) is 15.1 Å². The predicted octanol–water partition coefficient (Wildman–Crippen LogP) is 5.82. The number of nitrogens with one attached hydrogen (secondary N) is 1. The van der Waals surface area contributed by atoms with Gasteiger partial charge in [-0.25, -0.2) is 4.39 Å². The van der Waals surface area contributed by atoms with Crippen LogP contribution >= 0.6 is 11.8 Å². The number of halogens is 1. The Kier molecular flexibility index (Phi) is 6.41. The number of aryl methyl sites for hydroxylation is 1. The number of hydrogen-bond donors (Lipinski definition) is 1. The van der Waals surface area contributed by atoms with Gasteiger partial charge in [0.2, 0.25) is 5.17 Å². The lowest BCUT2D eigenvalue weighted by molar-refractivity contribution is -0.114. The molecule has 6 nitrogen and oxygen atoms in total. The van der Waals surface area contributed by atoms with Crippen LogP contribution in [0.25, 0.3) is 11.8 Å². The van der Waals surface area contributed by atoms with Crippen molar-refractivity contribution in [2.24, 2.45) is 10.1 Å². The van der Waals surface area contributed by atoms with Crippen molar-refractivity contribution in [3.05, 3.63) is 58.7 Å². The van der Waals surface area contributed by atoms with Gasteiger partial charge in [-0.15, -0.1) is 0 Å². The number of hydrogen-bond acceptors (Lipinski definition) is 4. The van der Waals surface area contributed by atoms with E-state index in [2.05, 4.69) is 17.0 Å². The van der Waals surface area contributed by atoms with Crippen LogP contribution < -0.4 is 0 Å². The number of carbonyl (C=O) groups is 1. The highest BCUT2D eigenvalue weighted by Crippen LogP contribution is 2.31. The molecule has 0 fully saturated rings. The van der Waals surface area contributed by atoms with Crippen LogP contribution in [-0.4, -0.2) is 31.5 Å². The van der Waals surface area contributed by atoms with Gasteiger partial charge in [0.15, 0.2) is 5.84 Å². The number of carbonyl (C=O) groups excluding carboxylic acids is 1. The molecule has 0 saturated heterocycles. The molecule has 1 aromatic carbocycles. The van der Waals surface area contributed by atoms with E-state index in [4.69, 9.17) is 5.41 Å². The van der Waals surface area contributed by atoms with Gasteiger partial charge in [-0.1, -0.05) is 32.3 Å². The van der Waals surface area contributed by atoms with E-state index in [1.807, 2.05) is 30.5 Å². The maximum Gasteiger partial charge on any atom is 0.283 e. The highest BCUT2D eigenvalue weighted by atomic mass is 32.2. The largest absolute Gasteiger partial charge is 0.318 e. The molecule has 1 N–H and O–H groups in total. The van der Waals surface area contributed by atoms with Crippen molar-refractivity contribution in [3.8, 4) is 5.69 Å². The first-order valence-corrected chi connectivity index (χ1v) is 11.6. The van der Waals surface area contributed by atoms with Gasteiger partial charge in [0.1, 0.15) is 10.9 Å². The number of aromatic nitrogens is 1. The lowest BCUT2D eigenvalue weighted by Gasteiger charge is -2.20.